The fraction of sp³-hybridized carbons (Fsp3) is 0.250. The first-order chi connectivity index (χ1) is 10.6. The van der Waals surface area contributed by atoms with Crippen LogP contribution in [0.2, 0.25) is 0 Å². The number of carbonyl (C=O) groups excluding carboxylic acids is 1. The maximum absolute atomic E-state index is 12.6. The third-order valence-corrected chi connectivity index (χ3v) is 3.53. The maximum atomic E-state index is 12.6. The van der Waals surface area contributed by atoms with Gasteiger partial charge in [-0.25, -0.2) is 14.8 Å². The lowest BCUT2D eigenvalue weighted by Crippen LogP contribution is -2.33. The molecule has 1 aliphatic rings. The van der Waals surface area contributed by atoms with Gasteiger partial charge in [-0.3, -0.25) is 4.79 Å². The van der Waals surface area contributed by atoms with Crippen molar-refractivity contribution in [2.24, 2.45) is 0 Å². The van der Waals surface area contributed by atoms with E-state index in [1.165, 1.54) is 6.20 Å². The van der Waals surface area contributed by atoms with E-state index in [4.69, 9.17) is 5.11 Å². The Kier molecular flexibility index (Phi) is 3.82. The molecule has 112 valence electrons. The molecule has 6 heteroatoms. The first kappa shape index (κ1) is 14.2. The van der Waals surface area contributed by atoms with Gasteiger partial charge in [-0.2, -0.15) is 0 Å². The molecule has 1 fully saturated rings. The highest BCUT2D eigenvalue weighted by atomic mass is 16.4. The molecule has 0 spiro atoms. The molecule has 0 aliphatic heterocycles. The van der Waals surface area contributed by atoms with Crippen molar-refractivity contribution in [3.8, 4) is 0 Å². The summed E-state index contributed by atoms with van der Waals surface area (Å²) in [6, 6.07) is 9.99. The smallest absolute Gasteiger partial charge is 0.356 e. The van der Waals surface area contributed by atoms with Crippen molar-refractivity contribution in [3.05, 3.63) is 59.7 Å². The molecule has 1 aliphatic carbocycles. The SMILES string of the molecule is O=C(O)c1cnc(C(=O)N(Cc2ccccc2)C2CC2)cn1. The second-order valence-corrected chi connectivity index (χ2v) is 5.24. The highest BCUT2D eigenvalue weighted by molar-refractivity contribution is 5.93. The molecule has 1 saturated carbocycles. The minimum absolute atomic E-state index is 0.169. The standard InChI is InChI=1S/C16H15N3O3/c20-15(13-8-18-14(9-17-13)16(21)22)19(12-6-7-12)10-11-4-2-1-3-5-11/h1-5,8-9,12H,6-7,10H2,(H,21,22). The molecular formula is C16H15N3O3. The van der Waals surface area contributed by atoms with E-state index >= 15 is 0 Å². The molecule has 0 bridgehead atoms. The van der Waals surface area contributed by atoms with Crippen LogP contribution >= 0.6 is 0 Å². The molecule has 1 N–H and O–H groups in total. The molecule has 0 unspecified atom stereocenters. The number of benzene rings is 1. The van der Waals surface area contributed by atoms with Crippen LogP contribution in [-0.2, 0) is 6.54 Å². The van der Waals surface area contributed by atoms with Gasteiger partial charge in [-0.1, -0.05) is 30.3 Å². The Balaban J connectivity index is 1.79. The van der Waals surface area contributed by atoms with Crippen molar-refractivity contribution in [1.29, 1.82) is 0 Å². The molecule has 2 aromatic rings. The molecule has 6 nitrogen and oxygen atoms in total. The van der Waals surface area contributed by atoms with E-state index in [9.17, 15) is 9.59 Å². The number of amides is 1. The number of aromatic nitrogens is 2. The summed E-state index contributed by atoms with van der Waals surface area (Å²) >= 11 is 0. The average Bonchev–Trinajstić information content (AvgIpc) is 3.38. The topological polar surface area (TPSA) is 83.4 Å². The number of rotatable bonds is 5. The lowest BCUT2D eigenvalue weighted by Gasteiger charge is -2.22. The molecule has 0 atom stereocenters. The van der Waals surface area contributed by atoms with Crippen molar-refractivity contribution < 1.29 is 14.7 Å². The Labute approximate surface area is 127 Å². The van der Waals surface area contributed by atoms with Gasteiger partial charge >= 0.3 is 5.97 Å². The normalized spacial score (nSPS) is 13.6. The minimum atomic E-state index is -1.16. The predicted molar refractivity (Wildman–Crippen MR) is 78.3 cm³/mol. The van der Waals surface area contributed by atoms with Gasteiger partial charge in [0.1, 0.15) is 5.69 Å². The Morgan fingerprint density at radius 1 is 1.09 bits per heavy atom. The van der Waals surface area contributed by atoms with Gasteiger partial charge in [0.25, 0.3) is 5.91 Å². The van der Waals surface area contributed by atoms with Gasteiger partial charge in [-0.05, 0) is 18.4 Å². The number of hydrogen-bond donors (Lipinski definition) is 1. The third kappa shape index (κ3) is 3.11. The second kappa shape index (κ2) is 5.93. The highest BCUT2D eigenvalue weighted by Crippen LogP contribution is 2.29. The zero-order chi connectivity index (χ0) is 15.5. The van der Waals surface area contributed by atoms with Gasteiger partial charge in [0.2, 0.25) is 0 Å². The number of carboxylic acids is 1. The Bertz CT molecular complexity index is 682. The lowest BCUT2D eigenvalue weighted by molar-refractivity contribution is 0.0682. The zero-order valence-electron chi connectivity index (χ0n) is 11.8. The Morgan fingerprint density at radius 2 is 1.73 bits per heavy atom. The highest BCUT2D eigenvalue weighted by Gasteiger charge is 2.33. The van der Waals surface area contributed by atoms with E-state index < -0.39 is 5.97 Å². The van der Waals surface area contributed by atoms with Crippen LogP contribution in [0.4, 0.5) is 0 Å². The zero-order valence-corrected chi connectivity index (χ0v) is 11.8. The van der Waals surface area contributed by atoms with E-state index in [0.29, 0.717) is 6.54 Å². The van der Waals surface area contributed by atoms with Crippen LogP contribution in [0.3, 0.4) is 0 Å². The third-order valence-electron chi connectivity index (χ3n) is 3.53. The monoisotopic (exact) mass is 297 g/mol. The van der Waals surface area contributed by atoms with Crippen molar-refractivity contribution in [3.63, 3.8) is 0 Å². The molecule has 22 heavy (non-hydrogen) atoms. The van der Waals surface area contributed by atoms with Gasteiger partial charge in [-0.15, -0.1) is 0 Å². The average molecular weight is 297 g/mol. The summed E-state index contributed by atoms with van der Waals surface area (Å²) in [7, 11) is 0. The van der Waals surface area contributed by atoms with Gasteiger partial charge in [0, 0.05) is 12.6 Å². The number of carboxylic acid groups (broad SMARTS) is 1. The van der Waals surface area contributed by atoms with Crippen LogP contribution in [0, 0.1) is 0 Å². The van der Waals surface area contributed by atoms with Gasteiger partial charge < -0.3 is 10.0 Å². The number of nitrogens with zero attached hydrogens (tertiary/aromatic N) is 3. The predicted octanol–water partition coefficient (Wildman–Crippen LogP) is 1.98. The summed E-state index contributed by atoms with van der Waals surface area (Å²) < 4.78 is 0. The summed E-state index contributed by atoms with van der Waals surface area (Å²) in [4.78, 5) is 32.8. The lowest BCUT2D eigenvalue weighted by atomic mass is 10.2. The van der Waals surface area contributed by atoms with Gasteiger partial charge in [0.05, 0.1) is 12.4 Å². The summed E-state index contributed by atoms with van der Waals surface area (Å²) in [5.74, 6) is -1.37. The maximum Gasteiger partial charge on any atom is 0.356 e. The van der Waals surface area contributed by atoms with Crippen LogP contribution < -0.4 is 0 Å². The molecule has 1 amide bonds. The largest absolute Gasteiger partial charge is 0.476 e. The fourth-order valence-corrected chi connectivity index (χ4v) is 2.23. The van der Waals surface area contributed by atoms with Crippen molar-refractivity contribution in [2.75, 3.05) is 0 Å². The van der Waals surface area contributed by atoms with E-state index in [1.54, 1.807) is 4.90 Å². The van der Waals surface area contributed by atoms with Gasteiger partial charge in [0.15, 0.2) is 5.69 Å². The van der Waals surface area contributed by atoms with E-state index in [0.717, 1.165) is 24.6 Å². The summed E-state index contributed by atoms with van der Waals surface area (Å²) in [6.45, 7) is 0.521. The van der Waals surface area contributed by atoms with E-state index in [1.807, 2.05) is 30.3 Å². The molecular weight excluding hydrogens is 282 g/mol. The first-order valence-electron chi connectivity index (χ1n) is 7.05. The first-order valence-corrected chi connectivity index (χ1v) is 7.05. The van der Waals surface area contributed by atoms with E-state index in [-0.39, 0.29) is 23.3 Å². The van der Waals surface area contributed by atoms with Crippen molar-refractivity contribution in [2.45, 2.75) is 25.4 Å². The number of aromatic carboxylic acids is 1. The van der Waals surface area contributed by atoms with Crippen LogP contribution in [0.25, 0.3) is 0 Å². The number of carbonyl (C=O) groups is 2. The Hall–Kier alpha value is -2.76. The molecule has 0 radical (unpaired) electrons. The minimum Gasteiger partial charge on any atom is -0.476 e. The quantitative estimate of drug-likeness (QED) is 0.912. The summed E-state index contributed by atoms with van der Waals surface area (Å²) in [6.07, 6.45) is 4.31. The van der Waals surface area contributed by atoms with Crippen LogP contribution in [0.1, 0.15) is 39.4 Å². The summed E-state index contributed by atoms with van der Waals surface area (Å²) in [5, 5.41) is 8.82. The van der Waals surface area contributed by atoms with Crippen LogP contribution in [0.15, 0.2) is 42.7 Å². The van der Waals surface area contributed by atoms with Crippen LogP contribution in [0.5, 0.6) is 0 Å². The molecule has 3 rings (SSSR count). The van der Waals surface area contributed by atoms with Crippen molar-refractivity contribution >= 4 is 11.9 Å². The molecule has 1 aromatic carbocycles. The van der Waals surface area contributed by atoms with Crippen molar-refractivity contribution in [1.82, 2.24) is 14.9 Å². The van der Waals surface area contributed by atoms with E-state index in [2.05, 4.69) is 9.97 Å². The number of hydrogen-bond acceptors (Lipinski definition) is 4. The second-order valence-electron chi connectivity index (χ2n) is 5.24. The fourth-order valence-electron chi connectivity index (χ4n) is 2.23. The Morgan fingerprint density at radius 3 is 2.27 bits per heavy atom. The molecule has 0 saturated heterocycles. The van der Waals surface area contributed by atoms with Crippen LogP contribution in [-0.4, -0.2) is 37.9 Å². The molecule has 1 aromatic heterocycles. The molecule has 1 heterocycles. The summed E-state index contributed by atoms with van der Waals surface area (Å²) in [5.41, 5.74) is 1.06.